The summed E-state index contributed by atoms with van der Waals surface area (Å²) in [5, 5.41) is 38.2. The third kappa shape index (κ3) is 3.36. The Balaban J connectivity index is 2.86. The van der Waals surface area contributed by atoms with Crippen LogP contribution < -0.4 is 5.32 Å². The van der Waals surface area contributed by atoms with Gasteiger partial charge in [-0.1, -0.05) is 0 Å². The first-order chi connectivity index (χ1) is 8.45. The Kier molecular flexibility index (Phi) is 4.50. The Morgan fingerprint density at radius 1 is 1.28 bits per heavy atom. The Labute approximate surface area is 102 Å². The van der Waals surface area contributed by atoms with Crippen molar-refractivity contribution in [2.75, 3.05) is 6.61 Å². The van der Waals surface area contributed by atoms with Crippen LogP contribution in [0.4, 0.5) is 0 Å². The van der Waals surface area contributed by atoms with Crippen molar-refractivity contribution in [3.8, 4) is 11.5 Å². The lowest BCUT2D eigenvalue weighted by atomic mass is 10.1. The zero-order chi connectivity index (χ0) is 13.7. The lowest BCUT2D eigenvalue weighted by Gasteiger charge is -2.13. The van der Waals surface area contributed by atoms with Crippen molar-refractivity contribution in [2.24, 2.45) is 0 Å². The van der Waals surface area contributed by atoms with E-state index >= 15 is 0 Å². The molecule has 0 saturated heterocycles. The molecule has 5 N–H and O–H groups in total. The van der Waals surface area contributed by atoms with E-state index < -0.39 is 24.5 Å². The molecular formula is C11H13NO6. The van der Waals surface area contributed by atoms with Gasteiger partial charge in [-0.3, -0.25) is 4.79 Å². The van der Waals surface area contributed by atoms with Crippen LogP contribution >= 0.6 is 0 Å². The number of aliphatic hydroxyl groups is 1. The number of phenols is 2. The first kappa shape index (κ1) is 13.8. The van der Waals surface area contributed by atoms with Crippen LogP contribution in [0.2, 0.25) is 0 Å². The van der Waals surface area contributed by atoms with E-state index in [1.165, 1.54) is 6.07 Å². The molecular weight excluding hydrogens is 242 g/mol. The fourth-order valence-electron chi connectivity index (χ4n) is 1.33. The number of carbonyl (C=O) groups is 2. The van der Waals surface area contributed by atoms with Crippen LogP contribution in [0.5, 0.6) is 11.5 Å². The second kappa shape index (κ2) is 5.87. The van der Waals surface area contributed by atoms with Crippen LogP contribution in [0.15, 0.2) is 18.2 Å². The van der Waals surface area contributed by atoms with Gasteiger partial charge in [-0.05, 0) is 18.2 Å². The molecule has 1 rings (SSSR count). The van der Waals surface area contributed by atoms with Crippen molar-refractivity contribution in [1.29, 1.82) is 0 Å². The predicted molar refractivity (Wildman–Crippen MR) is 60.4 cm³/mol. The van der Waals surface area contributed by atoms with Gasteiger partial charge in [0, 0.05) is 13.0 Å². The molecule has 0 aliphatic rings. The maximum absolute atomic E-state index is 11.7. The minimum absolute atomic E-state index is 0.152. The summed E-state index contributed by atoms with van der Waals surface area (Å²) >= 11 is 0. The van der Waals surface area contributed by atoms with Gasteiger partial charge in [-0.25, -0.2) is 4.79 Å². The van der Waals surface area contributed by atoms with E-state index in [1.54, 1.807) is 0 Å². The average Bonchev–Trinajstić information content (AvgIpc) is 2.31. The fraction of sp³-hybridized carbons (Fsp3) is 0.273. The molecule has 0 spiro atoms. The van der Waals surface area contributed by atoms with E-state index in [4.69, 9.17) is 10.2 Å². The molecule has 1 amide bonds. The van der Waals surface area contributed by atoms with Gasteiger partial charge in [0.1, 0.15) is 17.5 Å². The topological polar surface area (TPSA) is 127 Å². The molecule has 0 bridgehead atoms. The first-order valence-corrected chi connectivity index (χ1v) is 5.12. The highest BCUT2D eigenvalue weighted by atomic mass is 16.4. The van der Waals surface area contributed by atoms with Crippen LogP contribution in [0.25, 0.3) is 0 Å². The number of benzene rings is 1. The summed E-state index contributed by atoms with van der Waals surface area (Å²) in [6, 6.07) is 2.06. The second-order valence-corrected chi connectivity index (χ2v) is 3.58. The van der Waals surface area contributed by atoms with E-state index in [1.807, 2.05) is 0 Å². The molecule has 0 aliphatic heterocycles. The first-order valence-electron chi connectivity index (χ1n) is 5.12. The van der Waals surface area contributed by atoms with E-state index in [0.717, 1.165) is 12.1 Å². The smallest absolute Gasteiger partial charge is 0.326 e. The largest absolute Gasteiger partial charge is 0.508 e. The number of carboxylic acid groups (broad SMARTS) is 1. The maximum atomic E-state index is 11.7. The molecule has 18 heavy (non-hydrogen) atoms. The van der Waals surface area contributed by atoms with Gasteiger partial charge in [-0.15, -0.1) is 0 Å². The predicted octanol–water partition coefficient (Wildman–Crippen LogP) is -0.337. The molecule has 1 aromatic rings. The number of rotatable bonds is 5. The number of aliphatic carboxylic acids is 1. The van der Waals surface area contributed by atoms with Crippen LogP contribution in [0, 0.1) is 0 Å². The number of carbonyl (C=O) groups excluding carboxylic acids is 1. The quantitative estimate of drug-likeness (QED) is 0.458. The van der Waals surface area contributed by atoms with Crippen molar-refractivity contribution in [3.63, 3.8) is 0 Å². The van der Waals surface area contributed by atoms with Gasteiger partial charge in [0.25, 0.3) is 5.91 Å². The number of phenolic OH excluding ortho intramolecular Hbond substituents is 2. The van der Waals surface area contributed by atoms with Crippen LogP contribution in [0.3, 0.4) is 0 Å². The zero-order valence-corrected chi connectivity index (χ0v) is 9.33. The third-order valence-corrected chi connectivity index (χ3v) is 2.25. The molecule has 0 aliphatic carbocycles. The Morgan fingerprint density at radius 2 is 1.94 bits per heavy atom. The maximum Gasteiger partial charge on any atom is 0.326 e. The van der Waals surface area contributed by atoms with E-state index in [0.29, 0.717) is 0 Å². The minimum atomic E-state index is -1.29. The monoisotopic (exact) mass is 255 g/mol. The van der Waals surface area contributed by atoms with Gasteiger partial charge in [0.2, 0.25) is 0 Å². The van der Waals surface area contributed by atoms with Crippen LogP contribution in [0.1, 0.15) is 16.8 Å². The zero-order valence-electron chi connectivity index (χ0n) is 9.33. The molecule has 1 unspecified atom stereocenters. The molecule has 0 heterocycles. The highest BCUT2D eigenvalue weighted by Gasteiger charge is 2.21. The Morgan fingerprint density at radius 3 is 2.50 bits per heavy atom. The Bertz CT molecular complexity index is 459. The van der Waals surface area contributed by atoms with Gasteiger partial charge < -0.3 is 25.7 Å². The highest BCUT2D eigenvalue weighted by molar-refractivity contribution is 5.99. The van der Waals surface area contributed by atoms with Crippen molar-refractivity contribution < 1.29 is 30.0 Å². The van der Waals surface area contributed by atoms with Gasteiger partial charge in [0.05, 0.1) is 5.56 Å². The fourth-order valence-corrected chi connectivity index (χ4v) is 1.33. The summed E-state index contributed by atoms with van der Waals surface area (Å²) in [4.78, 5) is 22.5. The molecule has 1 aromatic carbocycles. The second-order valence-electron chi connectivity index (χ2n) is 3.58. The number of nitrogens with one attached hydrogen (secondary N) is 1. The van der Waals surface area contributed by atoms with Crippen molar-refractivity contribution in [2.45, 2.75) is 12.5 Å². The molecule has 0 radical (unpaired) electrons. The molecule has 7 nitrogen and oxygen atoms in total. The van der Waals surface area contributed by atoms with Crippen molar-refractivity contribution in [1.82, 2.24) is 5.32 Å². The van der Waals surface area contributed by atoms with Crippen LogP contribution in [-0.4, -0.2) is 45.0 Å². The van der Waals surface area contributed by atoms with Crippen molar-refractivity contribution in [3.05, 3.63) is 23.8 Å². The van der Waals surface area contributed by atoms with E-state index in [9.17, 15) is 19.8 Å². The van der Waals surface area contributed by atoms with E-state index in [2.05, 4.69) is 5.32 Å². The van der Waals surface area contributed by atoms with Gasteiger partial charge >= 0.3 is 5.97 Å². The molecule has 0 aromatic heterocycles. The average molecular weight is 255 g/mol. The summed E-state index contributed by atoms with van der Waals surface area (Å²) in [5.41, 5.74) is -0.237. The lowest BCUT2D eigenvalue weighted by molar-refractivity contribution is -0.139. The SMILES string of the molecule is O=C(NC(CCO)C(=O)O)c1cc(O)ccc1O. The number of carboxylic acids is 1. The summed E-state index contributed by atoms with van der Waals surface area (Å²) in [7, 11) is 0. The molecule has 98 valence electrons. The number of hydrogen-bond donors (Lipinski definition) is 5. The summed E-state index contributed by atoms with van der Waals surface area (Å²) < 4.78 is 0. The normalized spacial score (nSPS) is 11.8. The standard InChI is InChI=1S/C11H13NO6/c13-4-3-8(11(17)18)12-10(16)7-5-6(14)1-2-9(7)15/h1-2,5,8,13-15H,3-4H2,(H,12,16)(H,17,18). The molecule has 7 heteroatoms. The van der Waals surface area contributed by atoms with Crippen LogP contribution in [-0.2, 0) is 4.79 Å². The number of aliphatic hydroxyl groups excluding tert-OH is 1. The molecule has 0 saturated carbocycles. The summed E-state index contributed by atoms with van der Waals surface area (Å²) in [6.07, 6.45) is -0.152. The minimum Gasteiger partial charge on any atom is -0.508 e. The highest BCUT2D eigenvalue weighted by Crippen LogP contribution is 2.21. The molecule has 1 atom stereocenters. The third-order valence-electron chi connectivity index (χ3n) is 2.25. The lowest BCUT2D eigenvalue weighted by Crippen LogP contribution is -2.41. The van der Waals surface area contributed by atoms with Crippen molar-refractivity contribution >= 4 is 11.9 Å². The Hall–Kier alpha value is -2.28. The number of hydrogen-bond acceptors (Lipinski definition) is 5. The summed E-state index contributed by atoms with van der Waals surface area (Å²) in [6.45, 7) is -0.400. The number of aromatic hydroxyl groups is 2. The van der Waals surface area contributed by atoms with Gasteiger partial charge in [-0.2, -0.15) is 0 Å². The molecule has 0 fully saturated rings. The summed E-state index contributed by atoms with van der Waals surface area (Å²) in [5.74, 6) is -2.74. The van der Waals surface area contributed by atoms with Gasteiger partial charge in [0.15, 0.2) is 0 Å². The van der Waals surface area contributed by atoms with E-state index in [-0.39, 0.29) is 23.5 Å². The number of amides is 1.